The number of aryl methyl sites for hydroxylation is 3. The molecule has 0 aliphatic carbocycles. The molecule has 0 saturated heterocycles. The molecule has 0 bridgehead atoms. The predicted molar refractivity (Wildman–Crippen MR) is 93.5 cm³/mol. The highest BCUT2D eigenvalue weighted by atomic mass is 32.1. The molecular formula is C18H26N2S. The van der Waals surface area contributed by atoms with Crippen LogP contribution in [0.5, 0.6) is 0 Å². The average Bonchev–Trinajstić information content (AvgIpc) is 2.76. The van der Waals surface area contributed by atoms with Crippen LogP contribution in [0.2, 0.25) is 0 Å². The minimum atomic E-state index is 0.118. The van der Waals surface area contributed by atoms with Crippen molar-refractivity contribution in [3.8, 4) is 0 Å². The van der Waals surface area contributed by atoms with Crippen molar-refractivity contribution < 1.29 is 0 Å². The zero-order chi connectivity index (χ0) is 15.8. The molecule has 0 aliphatic rings. The number of anilines is 1. The fraction of sp³-hybridized carbons (Fsp3) is 0.500. The lowest BCUT2D eigenvalue weighted by Gasteiger charge is -2.17. The molecule has 0 aliphatic heterocycles. The quantitative estimate of drug-likeness (QED) is 0.805. The molecule has 114 valence electrons. The van der Waals surface area contributed by atoms with Gasteiger partial charge >= 0.3 is 0 Å². The van der Waals surface area contributed by atoms with Gasteiger partial charge in [0.25, 0.3) is 0 Å². The highest BCUT2D eigenvalue weighted by Crippen LogP contribution is 2.34. The predicted octanol–water partition coefficient (Wildman–Crippen LogP) is 5.54. The lowest BCUT2D eigenvalue weighted by molar-refractivity contribution is 0.584. The zero-order valence-electron chi connectivity index (χ0n) is 14.2. The molecular weight excluding hydrogens is 276 g/mol. The minimum Gasteiger partial charge on any atom is -0.377 e. The summed E-state index contributed by atoms with van der Waals surface area (Å²) in [6.45, 7) is 15.3. The number of nitrogens with zero attached hydrogens (tertiary/aromatic N) is 1. The lowest BCUT2D eigenvalue weighted by Crippen LogP contribution is -2.10. The summed E-state index contributed by atoms with van der Waals surface area (Å²) in [6, 6.07) is 6.82. The van der Waals surface area contributed by atoms with Gasteiger partial charge in [0.2, 0.25) is 0 Å². The van der Waals surface area contributed by atoms with Gasteiger partial charge in [-0.1, -0.05) is 32.9 Å². The van der Waals surface area contributed by atoms with E-state index in [9.17, 15) is 0 Å². The second-order valence-electron chi connectivity index (χ2n) is 6.90. The summed E-state index contributed by atoms with van der Waals surface area (Å²) in [4.78, 5) is 6.10. The summed E-state index contributed by atoms with van der Waals surface area (Å²) in [5.41, 5.74) is 5.05. The Morgan fingerprint density at radius 3 is 2.38 bits per heavy atom. The maximum absolute atomic E-state index is 4.76. The summed E-state index contributed by atoms with van der Waals surface area (Å²) in [5.74, 6) is 0. The van der Waals surface area contributed by atoms with Crippen LogP contribution < -0.4 is 5.32 Å². The van der Waals surface area contributed by atoms with Gasteiger partial charge in [-0.3, -0.25) is 0 Å². The number of hydrogen-bond donors (Lipinski definition) is 1. The second-order valence-corrected chi connectivity index (χ2v) is 7.93. The van der Waals surface area contributed by atoms with E-state index >= 15 is 0 Å². The van der Waals surface area contributed by atoms with Gasteiger partial charge in [0.05, 0.1) is 16.7 Å². The van der Waals surface area contributed by atoms with E-state index in [2.05, 4.69) is 72.0 Å². The number of thiazole rings is 1. The summed E-state index contributed by atoms with van der Waals surface area (Å²) >= 11 is 1.83. The molecule has 1 atom stereocenters. The first-order valence-electron chi connectivity index (χ1n) is 7.50. The van der Waals surface area contributed by atoms with E-state index in [-0.39, 0.29) is 11.5 Å². The Bertz CT molecular complexity index is 635. The fourth-order valence-corrected chi connectivity index (χ4v) is 3.45. The highest BCUT2D eigenvalue weighted by Gasteiger charge is 2.22. The number of rotatable bonds is 3. The smallest absolute Gasteiger partial charge is 0.0985 e. The Hall–Kier alpha value is -1.35. The van der Waals surface area contributed by atoms with Gasteiger partial charge in [-0.2, -0.15) is 0 Å². The molecule has 1 N–H and O–H groups in total. The van der Waals surface area contributed by atoms with Crippen LogP contribution >= 0.6 is 11.3 Å². The van der Waals surface area contributed by atoms with Crippen LogP contribution in [0.1, 0.15) is 60.4 Å². The Morgan fingerprint density at radius 2 is 1.81 bits per heavy atom. The van der Waals surface area contributed by atoms with Gasteiger partial charge in [0, 0.05) is 16.0 Å². The summed E-state index contributed by atoms with van der Waals surface area (Å²) in [7, 11) is 0. The van der Waals surface area contributed by atoms with Crippen LogP contribution in [0.25, 0.3) is 0 Å². The van der Waals surface area contributed by atoms with Crippen molar-refractivity contribution in [2.45, 2.75) is 59.9 Å². The molecule has 21 heavy (non-hydrogen) atoms. The molecule has 0 amide bonds. The van der Waals surface area contributed by atoms with Crippen LogP contribution in [0.4, 0.5) is 5.69 Å². The van der Waals surface area contributed by atoms with Crippen LogP contribution in [0.3, 0.4) is 0 Å². The topological polar surface area (TPSA) is 24.9 Å². The van der Waals surface area contributed by atoms with Crippen LogP contribution in [0.15, 0.2) is 18.2 Å². The monoisotopic (exact) mass is 302 g/mol. The van der Waals surface area contributed by atoms with Gasteiger partial charge in [0.1, 0.15) is 0 Å². The molecule has 2 nitrogen and oxygen atoms in total. The van der Waals surface area contributed by atoms with E-state index in [1.807, 2.05) is 11.3 Å². The van der Waals surface area contributed by atoms with Crippen molar-refractivity contribution in [1.29, 1.82) is 0 Å². The molecule has 0 fully saturated rings. The Morgan fingerprint density at radius 1 is 1.14 bits per heavy atom. The number of aromatic nitrogens is 1. The average molecular weight is 302 g/mol. The van der Waals surface area contributed by atoms with Crippen molar-refractivity contribution >= 4 is 17.0 Å². The maximum Gasteiger partial charge on any atom is 0.0985 e. The minimum absolute atomic E-state index is 0.118. The number of hydrogen-bond acceptors (Lipinski definition) is 3. The zero-order valence-corrected chi connectivity index (χ0v) is 15.0. The first-order chi connectivity index (χ1) is 9.68. The molecule has 1 unspecified atom stereocenters. The number of benzene rings is 1. The molecule has 2 aromatic rings. The van der Waals surface area contributed by atoms with E-state index in [0.29, 0.717) is 0 Å². The van der Waals surface area contributed by atoms with Crippen molar-refractivity contribution in [2.75, 3.05) is 5.32 Å². The summed E-state index contributed by atoms with van der Waals surface area (Å²) < 4.78 is 0. The van der Waals surface area contributed by atoms with Crippen molar-refractivity contribution in [1.82, 2.24) is 4.98 Å². The summed E-state index contributed by atoms with van der Waals surface area (Å²) in [5, 5.41) is 4.86. The first kappa shape index (κ1) is 16.0. The third-order valence-electron chi connectivity index (χ3n) is 3.63. The Kier molecular flexibility index (Phi) is 4.43. The van der Waals surface area contributed by atoms with Gasteiger partial charge in [-0.05, 0) is 44.9 Å². The second kappa shape index (κ2) is 5.80. The molecule has 2 rings (SSSR count). The van der Waals surface area contributed by atoms with Gasteiger partial charge < -0.3 is 5.32 Å². The van der Waals surface area contributed by atoms with Crippen LogP contribution in [-0.4, -0.2) is 4.98 Å². The third kappa shape index (κ3) is 3.65. The maximum atomic E-state index is 4.76. The van der Waals surface area contributed by atoms with E-state index in [0.717, 1.165) is 5.69 Å². The SMILES string of the molecule is Cc1ccc(C)c(NC(C)c2sc(C(C)(C)C)nc2C)c1. The van der Waals surface area contributed by atoms with E-state index < -0.39 is 0 Å². The largest absolute Gasteiger partial charge is 0.377 e. The van der Waals surface area contributed by atoms with E-state index in [4.69, 9.17) is 4.98 Å². The van der Waals surface area contributed by atoms with E-state index in [1.165, 1.54) is 26.7 Å². The normalized spacial score (nSPS) is 13.3. The van der Waals surface area contributed by atoms with Crippen LogP contribution in [0, 0.1) is 20.8 Å². The Labute approximate surface area is 132 Å². The molecule has 3 heteroatoms. The molecule has 0 spiro atoms. The summed E-state index contributed by atoms with van der Waals surface area (Å²) in [6.07, 6.45) is 0. The standard InChI is InChI=1S/C18H26N2S/c1-11-8-9-12(2)15(10-11)19-13(3)16-14(4)20-17(21-16)18(5,6)7/h8-10,13,19H,1-7H3. The number of nitrogens with one attached hydrogen (secondary N) is 1. The van der Waals surface area contributed by atoms with Crippen LogP contribution in [-0.2, 0) is 5.41 Å². The molecule has 1 aromatic heterocycles. The molecule has 0 radical (unpaired) electrons. The molecule has 1 aromatic carbocycles. The molecule has 1 heterocycles. The van der Waals surface area contributed by atoms with Gasteiger partial charge in [-0.15, -0.1) is 11.3 Å². The van der Waals surface area contributed by atoms with Crippen molar-refractivity contribution in [3.63, 3.8) is 0 Å². The van der Waals surface area contributed by atoms with Gasteiger partial charge in [-0.25, -0.2) is 4.98 Å². The van der Waals surface area contributed by atoms with E-state index in [1.54, 1.807) is 0 Å². The fourth-order valence-electron chi connectivity index (χ4n) is 2.32. The van der Waals surface area contributed by atoms with Gasteiger partial charge in [0.15, 0.2) is 0 Å². The third-order valence-corrected chi connectivity index (χ3v) is 5.40. The lowest BCUT2D eigenvalue weighted by atomic mass is 9.98. The van der Waals surface area contributed by atoms with Crippen molar-refractivity contribution in [3.05, 3.63) is 44.9 Å². The van der Waals surface area contributed by atoms with Crippen molar-refractivity contribution in [2.24, 2.45) is 0 Å². The molecule has 0 saturated carbocycles. The Balaban J connectivity index is 2.26. The highest BCUT2D eigenvalue weighted by molar-refractivity contribution is 7.12. The first-order valence-corrected chi connectivity index (χ1v) is 8.31.